The number of fused-ring (bicyclic) bond motifs is 1. The van der Waals surface area contributed by atoms with Crippen LogP contribution in [0.15, 0.2) is 0 Å². The highest BCUT2D eigenvalue weighted by atomic mass is 15.2. The highest BCUT2D eigenvalue weighted by molar-refractivity contribution is 4.81. The minimum absolute atomic E-state index is 0.997. The van der Waals surface area contributed by atoms with Crippen LogP contribution in [0.5, 0.6) is 0 Å². The molecule has 0 radical (unpaired) electrons. The third-order valence-electron chi connectivity index (χ3n) is 5.10. The molecular weight excluding hydrogens is 184 g/mol. The van der Waals surface area contributed by atoms with Gasteiger partial charge in [-0.05, 0) is 12.8 Å². The van der Waals surface area contributed by atoms with Gasteiger partial charge in [0.2, 0.25) is 0 Å². The van der Waals surface area contributed by atoms with Gasteiger partial charge in [0.15, 0.2) is 0 Å². The van der Waals surface area contributed by atoms with Gasteiger partial charge in [0, 0.05) is 18.8 Å². The molecule has 0 bridgehead atoms. The smallest absolute Gasteiger partial charge is 0.141 e. The van der Waals surface area contributed by atoms with Gasteiger partial charge in [-0.3, -0.25) is 0 Å². The van der Waals surface area contributed by atoms with Gasteiger partial charge in [0.25, 0.3) is 0 Å². The SMILES string of the molecule is C1CCC([C@@H]2[NH2+]CC[NH+]3CCC[C@@H]23)CC1. The first-order chi connectivity index (χ1) is 7.45. The quantitative estimate of drug-likeness (QED) is 0.585. The molecule has 86 valence electrons. The standard InChI is InChI=1S/C13H24N2/c1-2-5-11(6-3-1)13-12-7-4-9-15(12)10-8-14-13/h11-14H,1-10H2/p+2/t12-,13-/m0/s1. The van der Waals surface area contributed by atoms with Crippen LogP contribution in [0.2, 0.25) is 0 Å². The average Bonchev–Trinajstić information content (AvgIpc) is 2.78. The summed E-state index contributed by atoms with van der Waals surface area (Å²) in [6, 6.07) is 2.03. The molecule has 3 rings (SSSR count). The summed E-state index contributed by atoms with van der Waals surface area (Å²) in [6.07, 6.45) is 10.6. The summed E-state index contributed by atoms with van der Waals surface area (Å²) in [7, 11) is 0. The van der Waals surface area contributed by atoms with Crippen LogP contribution in [-0.2, 0) is 0 Å². The molecule has 3 fully saturated rings. The number of nitrogens with two attached hydrogens (primary N) is 1. The van der Waals surface area contributed by atoms with Crippen LogP contribution >= 0.6 is 0 Å². The predicted molar refractivity (Wildman–Crippen MR) is 60.9 cm³/mol. The molecule has 0 amide bonds. The number of quaternary nitrogens is 2. The highest BCUT2D eigenvalue weighted by Crippen LogP contribution is 2.27. The summed E-state index contributed by atoms with van der Waals surface area (Å²) in [5, 5.41) is 2.70. The molecule has 1 saturated carbocycles. The van der Waals surface area contributed by atoms with E-state index in [9.17, 15) is 0 Å². The normalized spacial score (nSPS) is 42.8. The zero-order valence-electron chi connectivity index (χ0n) is 9.88. The van der Waals surface area contributed by atoms with Crippen molar-refractivity contribution in [3.05, 3.63) is 0 Å². The maximum atomic E-state index is 2.70. The van der Waals surface area contributed by atoms with Crippen molar-refractivity contribution in [2.45, 2.75) is 57.0 Å². The van der Waals surface area contributed by atoms with Crippen molar-refractivity contribution in [1.29, 1.82) is 0 Å². The fourth-order valence-electron chi connectivity index (χ4n) is 4.38. The van der Waals surface area contributed by atoms with Crippen LogP contribution in [0, 0.1) is 5.92 Å². The van der Waals surface area contributed by atoms with Crippen LogP contribution in [0.25, 0.3) is 0 Å². The third-order valence-corrected chi connectivity index (χ3v) is 5.10. The lowest BCUT2D eigenvalue weighted by molar-refractivity contribution is -0.972. The molecule has 0 aromatic rings. The number of nitrogens with one attached hydrogen (secondary N) is 1. The van der Waals surface area contributed by atoms with Crippen molar-refractivity contribution < 1.29 is 10.2 Å². The van der Waals surface area contributed by atoms with E-state index in [1.54, 1.807) is 0 Å². The van der Waals surface area contributed by atoms with Gasteiger partial charge in [-0.1, -0.05) is 19.3 Å². The highest BCUT2D eigenvalue weighted by Gasteiger charge is 2.44. The van der Waals surface area contributed by atoms with Gasteiger partial charge in [0.05, 0.1) is 6.54 Å². The Morgan fingerprint density at radius 2 is 1.73 bits per heavy atom. The topological polar surface area (TPSA) is 21.1 Å². The van der Waals surface area contributed by atoms with Crippen LogP contribution in [0.3, 0.4) is 0 Å². The van der Waals surface area contributed by atoms with Gasteiger partial charge in [-0.2, -0.15) is 0 Å². The maximum absolute atomic E-state index is 2.70. The second kappa shape index (κ2) is 4.42. The predicted octanol–water partition coefficient (Wildman–Crippen LogP) is -0.440. The second-order valence-corrected chi connectivity index (χ2v) is 5.91. The number of piperazine rings is 1. The average molecular weight is 210 g/mol. The maximum Gasteiger partial charge on any atom is 0.141 e. The summed E-state index contributed by atoms with van der Waals surface area (Å²) in [5.74, 6) is 1.07. The van der Waals surface area contributed by atoms with Gasteiger partial charge in [0.1, 0.15) is 25.2 Å². The van der Waals surface area contributed by atoms with Gasteiger partial charge < -0.3 is 10.2 Å². The number of hydrogen-bond acceptors (Lipinski definition) is 0. The largest absolute Gasteiger partial charge is 0.334 e. The number of hydrogen-bond donors (Lipinski definition) is 2. The first-order valence-corrected chi connectivity index (χ1v) is 7.13. The van der Waals surface area contributed by atoms with Crippen molar-refractivity contribution in [3.63, 3.8) is 0 Å². The monoisotopic (exact) mass is 210 g/mol. The van der Waals surface area contributed by atoms with E-state index in [1.807, 2.05) is 4.90 Å². The second-order valence-electron chi connectivity index (χ2n) is 5.91. The van der Waals surface area contributed by atoms with E-state index in [0.717, 1.165) is 18.0 Å². The van der Waals surface area contributed by atoms with E-state index in [2.05, 4.69) is 5.32 Å². The molecule has 2 aliphatic heterocycles. The summed E-state index contributed by atoms with van der Waals surface area (Å²) >= 11 is 0. The Morgan fingerprint density at radius 3 is 2.60 bits per heavy atom. The molecule has 3 N–H and O–H groups in total. The lowest BCUT2D eigenvalue weighted by Crippen LogP contribution is -3.24. The fourth-order valence-corrected chi connectivity index (χ4v) is 4.38. The fraction of sp³-hybridized carbons (Fsp3) is 1.00. The van der Waals surface area contributed by atoms with Crippen molar-refractivity contribution >= 4 is 0 Å². The van der Waals surface area contributed by atoms with E-state index >= 15 is 0 Å². The zero-order chi connectivity index (χ0) is 10.1. The Morgan fingerprint density at radius 1 is 0.867 bits per heavy atom. The summed E-state index contributed by atoms with van der Waals surface area (Å²) < 4.78 is 0. The Kier molecular flexibility index (Phi) is 2.98. The van der Waals surface area contributed by atoms with Gasteiger partial charge in [-0.15, -0.1) is 0 Å². The summed E-state index contributed by atoms with van der Waals surface area (Å²) in [6.45, 7) is 4.31. The van der Waals surface area contributed by atoms with Crippen molar-refractivity contribution in [2.75, 3.05) is 19.6 Å². The van der Waals surface area contributed by atoms with Crippen LogP contribution in [0.4, 0.5) is 0 Å². The number of rotatable bonds is 1. The van der Waals surface area contributed by atoms with Crippen LogP contribution in [0.1, 0.15) is 44.9 Å². The molecule has 2 nitrogen and oxygen atoms in total. The Bertz CT molecular complexity index is 211. The first-order valence-electron chi connectivity index (χ1n) is 7.13. The van der Waals surface area contributed by atoms with E-state index in [4.69, 9.17) is 0 Å². The molecule has 0 aromatic heterocycles. The Hall–Kier alpha value is -0.0800. The molecule has 2 heteroatoms. The van der Waals surface area contributed by atoms with Gasteiger partial charge in [-0.25, -0.2) is 0 Å². The van der Waals surface area contributed by atoms with E-state index in [1.165, 1.54) is 64.6 Å². The molecule has 1 unspecified atom stereocenters. The summed E-state index contributed by atoms with van der Waals surface area (Å²) in [4.78, 5) is 1.95. The van der Waals surface area contributed by atoms with E-state index < -0.39 is 0 Å². The minimum Gasteiger partial charge on any atom is -0.334 e. The Labute approximate surface area is 93.4 Å². The van der Waals surface area contributed by atoms with E-state index in [-0.39, 0.29) is 0 Å². The molecular formula is C13H26N2+2. The van der Waals surface area contributed by atoms with Crippen molar-refractivity contribution in [2.24, 2.45) is 5.92 Å². The third kappa shape index (κ3) is 1.94. The van der Waals surface area contributed by atoms with Crippen LogP contribution in [-0.4, -0.2) is 31.7 Å². The van der Waals surface area contributed by atoms with Gasteiger partial charge >= 0.3 is 0 Å². The Balaban J connectivity index is 1.67. The van der Waals surface area contributed by atoms with Crippen LogP contribution < -0.4 is 10.2 Å². The lowest BCUT2D eigenvalue weighted by atomic mass is 9.80. The zero-order valence-corrected chi connectivity index (χ0v) is 9.88. The van der Waals surface area contributed by atoms with Crippen molar-refractivity contribution in [1.82, 2.24) is 0 Å². The van der Waals surface area contributed by atoms with E-state index in [0.29, 0.717) is 0 Å². The minimum atomic E-state index is 0.997. The molecule has 1 aliphatic carbocycles. The molecule has 0 aromatic carbocycles. The van der Waals surface area contributed by atoms with Crippen molar-refractivity contribution in [3.8, 4) is 0 Å². The molecule has 15 heavy (non-hydrogen) atoms. The molecule has 2 heterocycles. The molecule has 3 aliphatic rings. The molecule has 2 saturated heterocycles. The lowest BCUT2D eigenvalue weighted by Gasteiger charge is -2.37. The molecule has 3 atom stereocenters. The molecule has 0 spiro atoms. The first kappa shape index (κ1) is 10.1. The summed E-state index contributed by atoms with van der Waals surface area (Å²) in [5.41, 5.74) is 0.